The molecule has 0 radical (unpaired) electrons. The average Bonchev–Trinajstić information content (AvgIpc) is 2.82. The van der Waals surface area contributed by atoms with Gasteiger partial charge >= 0.3 is 5.97 Å². The van der Waals surface area contributed by atoms with E-state index in [1.807, 2.05) is 24.3 Å². The quantitative estimate of drug-likeness (QED) is 0.481. The summed E-state index contributed by atoms with van der Waals surface area (Å²) < 4.78 is 5.12. The monoisotopic (exact) mass is 286 g/mol. The van der Waals surface area contributed by atoms with E-state index in [0.717, 1.165) is 23.3 Å². The first-order valence-electron chi connectivity index (χ1n) is 6.50. The molecule has 0 bridgehead atoms. The zero-order chi connectivity index (χ0) is 14.3. The molecule has 2 aromatic rings. The fourth-order valence-electron chi connectivity index (χ4n) is 2.51. The van der Waals surface area contributed by atoms with Gasteiger partial charge in [-0.15, -0.1) is 11.3 Å². The van der Waals surface area contributed by atoms with E-state index in [9.17, 15) is 9.59 Å². The highest BCUT2D eigenvalue weighted by Crippen LogP contribution is 2.40. The van der Waals surface area contributed by atoms with Gasteiger partial charge in [-0.05, 0) is 60.7 Å². The van der Waals surface area contributed by atoms with Crippen LogP contribution < -0.4 is 4.74 Å². The Kier molecular flexibility index (Phi) is 3.18. The van der Waals surface area contributed by atoms with E-state index in [0.29, 0.717) is 5.75 Å². The van der Waals surface area contributed by atoms with Crippen LogP contribution in [0, 0.1) is 0 Å². The summed E-state index contributed by atoms with van der Waals surface area (Å²) in [4.78, 5) is 24.5. The molecule has 1 aromatic heterocycles. The van der Waals surface area contributed by atoms with Crippen LogP contribution in [0.5, 0.6) is 5.75 Å². The van der Waals surface area contributed by atoms with Gasteiger partial charge in [0.15, 0.2) is 5.78 Å². The number of carbonyl (C=O) groups excluding carboxylic acids is 2. The molecule has 20 heavy (non-hydrogen) atoms. The standard InChI is InChI=1S/C16H14O3S/c1-9(17)15-8-12-4-3-11-7-13(19-10(2)18)5-6-14(11)16(12)20-15/h5-8H,3-4H2,1-2H3. The van der Waals surface area contributed by atoms with E-state index in [-0.39, 0.29) is 11.8 Å². The third kappa shape index (κ3) is 2.27. The average molecular weight is 286 g/mol. The lowest BCUT2D eigenvalue weighted by atomic mass is 9.91. The van der Waals surface area contributed by atoms with Gasteiger partial charge in [0.25, 0.3) is 0 Å². The molecular formula is C16H14O3S. The second kappa shape index (κ2) is 4.87. The normalized spacial score (nSPS) is 12.5. The number of aryl methyl sites for hydroxylation is 2. The summed E-state index contributed by atoms with van der Waals surface area (Å²) in [5, 5.41) is 0. The zero-order valence-corrected chi connectivity index (χ0v) is 12.2. The largest absolute Gasteiger partial charge is 0.427 e. The number of carbonyl (C=O) groups is 2. The molecule has 1 aromatic carbocycles. The first kappa shape index (κ1) is 13.1. The van der Waals surface area contributed by atoms with Crippen molar-refractivity contribution in [2.45, 2.75) is 26.7 Å². The minimum Gasteiger partial charge on any atom is -0.427 e. The topological polar surface area (TPSA) is 43.4 Å². The molecule has 0 spiro atoms. The second-order valence-electron chi connectivity index (χ2n) is 4.93. The molecule has 1 heterocycles. The predicted molar refractivity (Wildman–Crippen MR) is 78.5 cm³/mol. The van der Waals surface area contributed by atoms with Crippen molar-refractivity contribution >= 4 is 23.1 Å². The van der Waals surface area contributed by atoms with Crippen molar-refractivity contribution in [1.29, 1.82) is 0 Å². The molecule has 0 atom stereocenters. The van der Waals surface area contributed by atoms with E-state index in [1.54, 1.807) is 18.3 Å². The molecule has 3 rings (SSSR count). The predicted octanol–water partition coefficient (Wildman–Crippen LogP) is 3.64. The number of fused-ring (bicyclic) bond motifs is 3. The zero-order valence-electron chi connectivity index (χ0n) is 11.4. The Morgan fingerprint density at radius 3 is 2.55 bits per heavy atom. The van der Waals surface area contributed by atoms with Crippen molar-refractivity contribution < 1.29 is 14.3 Å². The maximum Gasteiger partial charge on any atom is 0.308 e. The van der Waals surface area contributed by atoms with Gasteiger partial charge in [-0.2, -0.15) is 0 Å². The van der Waals surface area contributed by atoms with Gasteiger partial charge in [0.1, 0.15) is 5.75 Å². The van der Waals surface area contributed by atoms with Crippen LogP contribution in [0.2, 0.25) is 0 Å². The van der Waals surface area contributed by atoms with Gasteiger partial charge in [-0.25, -0.2) is 0 Å². The van der Waals surface area contributed by atoms with E-state index in [4.69, 9.17) is 4.74 Å². The maximum absolute atomic E-state index is 11.5. The highest BCUT2D eigenvalue weighted by molar-refractivity contribution is 7.17. The Morgan fingerprint density at radius 2 is 1.85 bits per heavy atom. The molecule has 0 saturated carbocycles. The van der Waals surface area contributed by atoms with Crippen molar-refractivity contribution in [2.75, 3.05) is 0 Å². The molecule has 0 saturated heterocycles. The van der Waals surface area contributed by atoms with Crippen LogP contribution in [-0.2, 0) is 17.6 Å². The molecule has 0 amide bonds. The molecule has 1 aliphatic carbocycles. The van der Waals surface area contributed by atoms with Crippen LogP contribution in [0.15, 0.2) is 24.3 Å². The van der Waals surface area contributed by atoms with Gasteiger partial charge < -0.3 is 4.74 Å². The SMILES string of the molecule is CC(=O)Oc1ccc2c(c1)CCc1cc(C(C)=O)sc1-2. The Morgan fingerprint density at radius 1 is 1.10 bits per heavy atom. The Bertz CT molecular complexity index is 713. The van der Waals surface area contributed by atoms with Crippen molar-refractivity contribution in [2.24, 2.45) is 0 Å². The summed E-state index contributed by atoms with van der Waals surface area (Å²) in [6.07, 6.45) is 1.83. The number of benzene rings is 1. The van der Waals surface area contributed by atoms with E-state index >= 15 is 0 Å². The number of ether oxygens (including phenoxy) is 1. The lowest BCUT2D eigenvalue weighted by Crippen LogP contribution is -2.04. The lowest BCUT2D eigenvalue weighted by molar-refractivity contribution is -0.131. The van der Waals surface area contributed by atoms with Crippen LogP contribution in [0.25, 0.3) is 10.4 Å². The number of esters is 1. The number of thiophene rings is 1. The fraction of sp³-hybridized carbons (Fsp3) is 0.250. The number of hydrogen-bond acceptors (Lipinski definition) is 4. The molecule has 3 nitrogen and oxygen atoms in total. The first-order valence-corrected chi connectivity index (χ1v) is 7.31. The van der Waals surface area contributed by atoms with Crippen molar-refractivity contribution in [3.63, 3.8) is 0 Å². The van der Waals surface area contributed by atoms with Gasteiger partial charge in [-0.1, -0.05) is 0 Å². The van der Waals surface area contributed by atoms with Crippen LogP contribution in [0.4, 0.5) is 0 Å². The van der Waals surface area contributed by atoms with Gasteiger partial charge in [0.2, 0.25) is 0 Å². The second-order valence-corrected chi connectivity index (χ2v) is 5.99. The summed E-state index contributed by atoms with van der Waals surface area (Å²) in [5.41, 5.74) is 3.57. The molecular weight excluding hydrogens is 272 g/mol. The van der Waals surface area contributed by atoms with E-state index in [1.165, 1.54) is 22.9 Å². The molecule has 0 aliphatic heterocycles. The molecule has 1 aliphatic rings. The first-order chi connectivity index (χ1) is 9.54. The van der Waals surface area contributed by atoms with Crippen LogP contribution in [-0.4, -0.2) is 11.8 Å². The molecule has 0 unspecified atom stereocenters. The number of hydrogen-bond donors (Lipinski definition) is 0. The van der Waals surface area contributed by atoms with Gasteiger partial charge in [-0.3, -0.25) is 9.59 Å². The molecule has 4 heteroatoms. The minimum atomic E-state index is -0.309. The Balaban J connectivity index is 2.04. The maximum atomic E-state index is 11.5. The highest BCUT2D eigenvalue weighted by atomic mass is 32.1. The highest BCUT2D eigenvalue weighted by Gasteiger charge is 2.21. The summed E-state index contributed by atoms with van der Waals surface area (Å²) in [5.74, 6) is 0.391. The summed E-state index contributed by atoms with van der Waals surface area (Å²) >= 11 is 1.55. The molecule has 0 fully saturated rings. The number of rotatable bonds is 2. The van der Waals surface area contributed by atoms with Crippen molar-refractivity contribution in [1.82, 2.24) is 0 Å². The molecule has 102 valence electrons. The Labute approximate surface area is 121 Å². The lowest BCUT2D eigenvalue weighted by Gasteiger charge is -2.16. The smallest absolute Gasteiger partial charge is 0.308 e. The van der Waals surface area contributed by atoms with Gasteiger partial charge in [0, 0.05) is 11.8 Å². The fourth-order valence-corrected chi connectivity index (χ4v) is 3.68. The van der Waals surface area contributed by atoms with Crippen LogP contribution in [0.3, 0.4) is 0 Å². The van der Waals surface area contributed by atoms with Crippen LogP contribution in [0.1, 0.15) is 34.6 Å². The number of ketones is 1. The molecule has 0 N–H and O–H groups in total. The number of Topliss-reactive ketones (excluding diaryl/α,β-unsaturated/α-hetero) is 1. The van der Waals surface area contributed by atoms with E-state index in [2.05, 4.69) is 0 Å². The summed E-state index contributed by atoms with van der Waals surface area (Å²) in [6, 6.07) is 7.71. The van der Waals surface area contributed by atoms with Crippen molar-refractivity contribution in [3.05, 3.63) is 40.3 Å². The van der Waals surface area contributed by atoms with Crippen LogP contribution >= 0.6 is 11.3 Å². The summed E-state index contributed by atoms with van der Waals surface area (Å²) in [6.45, 7) is 3.00. The summed E-state index contributed by atoms with van der Waals surface area (Å²) in [7, 11) is 0. The minimum absolute atomic E-state index is 0.113. The van der Waals surface area contributed by atoms with E-state index < -0.39 is 0 Å². The van der Waals surface area contributed by atoms with Crippen molar-refractivity contribution in [3.8, 4) is 16.2 Å². The Hall–Kier alpha value is -1.94. The van der Waals surface area contributed by atoms with Gasteiger partial charge in [0.05, 0.1) is 4.88 Å². The third-order valence-electron chi connectivity index (χ3n) is 3.40. The third-order valence-corrected chi connectivity index (χ3v) is 4.71.